The molecular weight excluding hydrogens is 90.5 g/mol. The van der Waals surface area contributed by atoms with Gasteiger partial charge in [0.25, 0.3) is 0 Å². The number of hydrogen-bond donors (Lipinski definition) is 0. The Morgan fingerprint density at radius 1 is 1.80 bits per heavy atom. The average Bonchev–Trinajstić information content (AvgIpc) is 1.37. The number of alkyl halides is 1. The van der Waals surface area contributed by atoms with E-state index in [1.807, 2.05) is 0 Å². The first-order chi connectivity index (χ1) is 1.91. The van der Waals surface area contributed by atoms with Crippen LogP contribution in [0.4, 0.5) is 4.70 Å². The molecule has 0 saturated heterocycles. The van der Waals surface area contributed by atoms with Gasteiger partial charge in [0.05, 0.1) is 0 Å². The van der Waals surface area contributed by atoms with Crippen LogP contribution < -0.4 is 0 Å². The van der Waals surface area contributed by atoms with Crippen molar-refractivity contribution >= 4 is 11.6 Å². The van der Waals surface area contributed by atoms with Crippen LogP contribution in [0.5, 0.6) is 0 Å². The lowest BCUT2D eigenvalue weighted by Gasteiger charge is -1.55. The van der Waals surface area contributed by atoms with Crippen molar-refractivity contribution in [1.29, 1.82) is 0 Å². The minimum absolute atomic E-state index is 0. The van der Waals surface area contributed by atoms with Crippen LogP contribution in [-0.4, -0.2) is 5.88 Å². The van der Waals surface area contributed by atoms with Crippen LogP contribution in [0.1, 0.15) is 0 Å². The lowest BCUT2D eigenvalue weighted by molar-refractivity contribution is 1.11. The lowest BCUT2D eigenvalue weighted by Crippen LogP contribution is -1.45. The van der Waals surface area contributed by atoms with E-state index >= 15 is 0 Å². The Morgan fingerprint density at radius 3 is 2.00 bits per heavy atom. The molecule has 5 heavy (non-hydrogen) atoms. The van der Waals surface area contributed by atoms with Crippen LogP contribution >= 0.6 is 11.6 Å². The molecule has 0 nitrogen and oxygen atoms in total. The van der Waals surface area contributed by atoms with Crippen LogP contribution in [0.25, 0.3) is 0 Å². The number of halogens is 2. The van der Waals surface area contributed by atoms with E-state index in [9.17, 15) is 0 Å². The standard InChI is InChI=1S/C3H5Cl.FH/c1-2-3-4;/h2H,1,3H2;1H. The van der Waals surface area contributed by atoms with Gasteiger partial charge in [-0.1, -0.05) is 6.08 Å². The highest BCUT2D eigenvalue weighted by Gasteiger charge is 1.48. The van der Waals surface area contributed by atoms with E-state index in [2.05, 4.69) is 6.58 Å². The molecule has 0 bridgehead atoms. The van der Waals surface area contributed by atoms with Gasteiger partial charge in [0.2, 0.25) is 0 Å². The summed E-state index contributed by atoms with van der Waals surface area (Å²) < 4.78 is 0. The van der Waals surface area contributed by atoms with E-state index in [0.29, 0.717) is 5.88 Å². The summed E-state index contributed by atoms with van der Waals surface area (Å²) in [5, 5.41) is 0. The third kappa shape index (κ3) is 16.5. The topological polar surface area (TPSA) is 0 Å². The van der Waals surface area contributed by atoms with Gasteiger partial charge in [-0.05, 0) is 0 Å². The molecule has 0 aromatic heterocycles. The molecule has 0 aliphatic rings. The minimum Gasteiger partial charge on any atom is -0.269 e. The molecule has 0 aliphatic carbocycles. The van der Waals surface area contributed by atoms with Gasteiger partial charge in [-0.25, -0.2) is 0 Å². The number of hydrogen-bond acceptors (Lipinski definition) is 0. The van der Waals surface area contributed by atoms with Crippen molar-refractivity contribution in [3.63, 3.8) is 0 Å². The largest absolute Gasteiger partial charge is 0.269 e. The summed E-state index contributed by atoms with van der Waals surface area (Å²) in [6, 6.07) is 0. The molecule has 0 rings (SSSR count). The third-order valence-corrected chi connectivity index (χ3v) is 0.327. The van der Waals surface area contributed by atoms with E-state index in [0.717, 1.165) is 0 Å². The molecule has 0 spiro atoms. The highest BCUT2D eigenvalue weighted by Crippen LogP contribution is 1.67. The normalized spacial score (nSPS) is 5.00. The van der Waals surface area contributed by atoms with Gasteiger partial charge in [0.15, 0.2) is 0 Å². The predicted octanol–water partition coefficient (Wildman–Crippen LogP) is 1.56. The fourth-order valence-electron chi connectivity index (χ4n) is 0. The highest BCUT2D eigenvalue weighted by atomic mass is 35.5. The van der Waals surface area contributed by atoms with Crippen molar-refractivity contribution in [3.8, 4) is 0 Å². The number of rotatable bonds is 1. The SMILES string of the molecule is C=CCCl.F. The van der Waals surface area contributed by atoms with Crippen molar-refractivity contribution in [2.75, 3.05) is 5.88 Å². The van der Waals surface area contributed by atoms with Gasteiger partial charge in [-0.3, -0.25) is 4.70 Å². The van der Waals surface area contributed by atoms with E-state index < -0.39 is 0 Å². The molecule has 0 radical (unpaired) electrons. The molecular formula is C3H6ClF. The molecule has 0 unspecified atom stereocenters. The zero-order chi connectivity index (χ0) is 3.41. The molecule has 0 aromatic carbocycles. The minimum atomic E-state index is 0. The average molecular weight is 96.5 g/mol. The van der Waals surface area contributed by atoms with Crippen LogP contribution in [0, 0.1) is 0 Å². The van der Waals surface area contributed by atoms with Crippen molar-refractivity contribution in [2.24, 2.45) is 0 Å². The van der Waals surface area contributed by atoms with Gasteiger partial charge >= 0.3 is 0 Å². The maximum Gasteiger partial charge on any atom is 0.0401 e. The molecule has 0 heterocycles. The lowest BCUT2D eigenvalue weighted by atomic mass is 10.8. The van der Waals surface area contributed by atoms with Crippen molar-refractivity contribution < 1.29 is 4.70 Å². The van der Waals surface area contributed by atoms with Gasteiger partial charge in [0, 0.05) is 5.88 Å². The summed E-state index contributed by atoms with van der Waals surface area (Å²) in [4.78, 5) is 0. The van der Waals surface area contributed by atoms with Crippen molar-refractivity contribution in [2.45, 2.75) is 0 Å². The van der Waals surface area contributed by atoms with Gasteiger partial charge in [-0.2, -0.15) is 0 Å². The van der Waals surface area contributed by atoms with Gasteiger partial charge < -0.3 is 0 Å². The molecule has 0 atom stereocenters. The maximum atomic E-state index is 5.07. The fourth-order valence-corrected chi connectivity index (χ4v) is 0. The third-order valence-electron chi connectivity index (χ3n) is 0.109. The highest BCUT2D eigenvalue weighted by molar-refractivity contribution is 6.18. The Kier molecular flexibility index (Phi) is 16.0. The summed E-state index contributed by atoms with van der Waals surface area (Å²) >= 11 is 5.07. The van der Waals surface area contributed by atoms with Crippen LogP contribution in [-0.2, 0) is 0 Å². The van der Waals surface area contributed by atoms with E-state index in [1.165, 1.54) is 0 Å². The second kappa shape index (κ2) is 9.03. The molecule has 0 N–H and O–H groups in total. The second-order valence-electron chi connectivity index (χ2n) is 0.443. The molecule has 0 saturated carbocycles. The molecule has 0 fully saturated rings. The molecule has 0 aliphatic heterocycles. The zero-order valence-corrected chi connectivity index (χ0v) is 3.53. The summed E-state index contributed by atoms with van der Waals surface area (Å²) in [6.45, 7) is 3.35. The van der Waals surface area contributed by atoms with E-state index in [-0.39, 0.29) is 4.70 Å². The second-order valence-corrected chi connectivity index (χ2v) is 0.752. The first kappa shape index (κ1) is 8.88. The Balaban J connectivity index is 0. The molecule has 0 aromatic rings. The van der Waals surface area contributed by atoms with Crippen molar-refractivity contribution in [3.05, 3.63) is 12.7 Å². The zero-order valence-electron chi connectivity index (χ0n) is 2.78. The Hall–Kier alpha value is -0.0400. The molecule has 2 heteroatoms. The summed E-state index contributed by atoms with van der Waals surface area (Å²) in [5.41, 5.74) is 0. The predicted molar refractivity (Wildman–Crippen MR) is 23.4 cm³/mol. The van der Waals surface area contributed by atoms with Crippen LogP contribution in [0.2, 0.25) is 0 Å². The first-order valence-corrected chi connectivity index (χ1v) is 1.62. The maximum absolute atomic E-state index is 5.07. The summed E-state index contributed by atoms with van der Waals surface area (Å²) in [6.07, 6.45) is 1.64. The fraction of sp³-hybridized carbons (Fsp3) is 0.333. The van der Waals surface area contributed by atoms with Gasteiger partial charge in [0.1, 0.15) is 0 Å². The van der Waals surface area contributed by atoms with E-state index in [1.54, 1.807) is 6.08 Å². The van der Waals surface area contributed by atoms with Gasteiger partial charge in [-0.15, -0.1) is 18.2 Å². The van der Waals surface area contributed by atoms with Crippen LogP contribution in [0.3, 0.4) is 0 Å². The molecule has 32 valence electrons. The number of allylic oxidation sites excluding steroid dienone is 1. The van der Waals surface area contributed by atoms with Crippen LogP contribution in [0.15, 0.2) is 12.7 Å². The first-order valence-electron chi connectivity index (χ1n) is 1.08. The van der Waals surface area contributed by atoms with Crippen molar-refractivity contribution in [1.82, 2.24) is 0 Å². The quantitative estimate of drug-likeness (QED) is 0.343. The monoisotopic (exact) mass is 96.0 g/mol. The molecule has 0 amide bonds. The Labute approximate surface area is 35.8 Å². The summed E-state index contributed by atoms with van der Waals surface area (Å²) in [7, 11) is 0. The Bertz CT molecular complexity index is 20.9. The summed E-state index contributed by atoms with van der Waals surface area (Å²) in [5.74, 6) is 0.556. The Morgan fingerprint density at radius 2 is 2.00 bits per heavy atom. The van der Waals surface area contributed by atoms with E-state index in [4.69, 9.17) is 11.6 Å². The smallest absolute Gasteiger partial charge is 0.0401 e.